The first-order valence-electron chi connectivity index (χ1n) is 7.51. The van der Waals surface area contributed by atoms with Crippen molar-refractivity contribution >= 4 is 17.8 Å². The van der Waals surface area contributed by atoms with Gasteiger partial charge in [-0.05, 0) is 45.2 Å². The van der Waals surface area contributed by atoms with E-state index in [-0.39, 0.29) is 5.91 Å². The maximum atomic E-state index is 12.5. The summed E-state index contributed by atoms with van der Waals surface area (Å²) in [5.41, 5.74) is 0.498. The van der Waals surface area contributed by atoms with E-state index >= 15 is 0 Å². The van der Waals surface area contributed by atoms with E-state index in [0.717, 1.165) is 5.56 Å². The fourth-order valence-electron chi connectivity index (χ4n) is 2.36. The minimum atomic E-state index is -0.831. The van der Waals surface area contributed by atoms with Gasteiger partial charge in [0.05, 0.1) is 7.11 Å². The molecule has 126 valence electrons. The predicted octanol–water partition coefficient (Wildman–Crippen LogP) is 1.89. The van der Waals surface area contributed by atoms with E-state index in [0.29, 0.717) is 24.5 Å². The Morgan fingerprint density at radius 1 is 1.39 bits per heavy atom. The molecule has 0 unspecified atom stereocenters. The summed E-state index contributed by atoms with van der Waals surface area (Å²) in [6.07, 6.45) is -0.416. The molecule has 7 nitrogen and oxygen atoms in total. The van der Waals surface area contributed by atoms with Crippen LogP contribution in [-0.2, 0) is 16.0 Å². The first-order valence-corrected chi connectivity index (χ1v) is 7.51. The van der Waals surface area contributed by atoms with E-state index in [4.69, 9.17) is 9.47 Å². The zero-order valence-corrected chi connectivity index (χ0v) is 14.2. The normalized spacial score (nSPS) is 18.0. The zero-order valence-electron chi connectivity index (χ0n) is 14.2. The standard InChI is InChI=1S/C16H23N3O4/c1-16(2,3)18-15(21)23-11-8-6-10-7-9-12(22-5)17-13(10)19(4)14(11)20/h7,9,11H,6,8H2,1-5H3,(H,18,21)/t11-/m0/s1. The molecule has 0 aliphatic carbocycles. The lowest BCUT2D eigenvalue weighted by molar-refractivity contribution is -0.126. The number of methoxy groups -OCH3 is 1. The number of aromatic nitrogens is 1. The highest BCUT2D eigenvalue weighted by Crippen LogP contribution is 2.27. The number of likely N-dealkylation sites (N-methyl/N-ethyl adjacent to an activating group) is 1. The Morgan fingerprint density at radius 2 is 2.09 bits per heavy atom. The topological polar surface area (TPSA) is 80.8 Å². The van der Waals surface area contributed by atoms with Gasteiger partial charge in [-0.1, -0.05) is 0 Å². The van der Waals surface area contributed by atoms with Crippen molar-refractivity contribution in [1.82, 2.24) is 10.3 Å². The number of carbonyl (C=O) groups is 2. The number of anilines is 1. The number of carbonyl (C=O) groups excluding carboxylic acids is 2. The highest BCUT2D eigenvalue weighted by Gasteiger charge is 2.32. The lowest BCUT2D eigenvalue weighted by Crippen LogP contribution is -2.45. The Hall–Kier alpha value is -2.31. The van der Waals surface area contributed by atoms with E-state index in [9.17, 15) is 9.59 Å². The summed E-state index contributed by atoms with van der Waals surface area (Å²) < 4.78 is 10.4. The molecule has 7 heteroatoms. The van der Waals surface area contributed by atoms with E-state index in [2.05, 4.69) is 10.3 Å². The number of nitrogens with zero attached hydrogens (tertiary/aromatic N) is 2. The summed E-state index contributed by atoms with van der Waals surface area (Å²) in [7, 11) is 3.15. The molecule has 2 heterocycles. The third-order valence-electron chi connectivity index (χ3n) is 3.47. The van der Waals surface area contributed by atoms with E-state index in [1.165, 1.54) is 12.0 Å². The van der Waals surface area contributed by atoms with Gasteiger partial charge in [0.1, 0.15) is 5.82 Å². The van der Waals surface area contributed by atoms with Gasteiger partial charge < -0.3 is 14.8 Å². The van der Waals surface area contributed by atoms with Crippen molar-refractivity contribution in [3.05, 3.63) is 17.7 Å². The van der Waals surface area contributed by atoms with Gasteiger partial charge >= 0.3 is 6.09 Å². The van der Waals surface area contributed by atoms with E-state index < -0.39 is 17.7 Å². The van der Waals surface area contributed by atoms with Gasteiger partial charge in [-0.15, -0.1) is 0 Å². The molecule has 0 bridgehead atoms. The van der Waals surface area contributed by atoms with Gasteiger partial charge in [-0.25, -0.2) is 4.79 Å². The quantitative estimate of drug-likeness (QED) is 0.899. The Morgan fingerprint density at radius 3 is 2.70 bits per heavy atom. The van der Waals surface area contributed by atoms with Crippen LogP contribution >= 0.6 is 0 Å². The SMILES string of the molecule is COc1ccc2c(n1)N(C)C(=O)[C@@H](OC(=O)NC(C)(C)C)CC2. The lowest BCUT2D eigenvalue weighted by atomic mass is 10.1. The molecule has 1 aliphatic heterocycles. The molecule has 1 aromatic heterocycles. The van der Waals surface area contributed by atoms with Gasteiger partial charge in [0.25, 0.3) is 5.91 Å². The fraction of sp³-hybridized carbons (Fsp3) is 0.562. The average Bonchev–Trinajstić information content (AvgIpc) is 2.57. The van der Waals surface area contributed by atoms with Gasteiger partial charge in [0.15, 0.2) is 6.10 Å². The van der Waals surface area contributed by atoms with Crippen LogP contribution in [0, 0.1) is 0 Å². The number of alkyl carbamates (subject to hydrolysis) is 1. The number of aryl methyl sites for hydroxylation is 1. The van der Waals surface area contributed by atoms with Crippen molar-refractivity contribution in [2.24, 2.45) is 0 Å². The zero-order chi connectivity index (χ0) is 17.2. The number of amides is 2. The largest absolute Gasteiger partial charge is 0.481 e. The van der Waals surface area contributed by atoms with Crippen molar-refractivity contribution < 1.29 is 19.1 Å². The van der Waals surface area contributed by atoms with Crippen molar-refractivity contribution in [3.63, 3.8) is 0 Å². The molecule has 2 rings (SSSR count). The Bertz CT molecular complexity index is 610. The number of fused-ring (bicyclic) bond motifs is 1. The summed E-state index contributed by atoms with van der Waals surface area (Å²) in [5.74, 6) is 0.679. The second kappa shape index (κ2) is 6.44. The highest BCUT2D eigenvalue weighted by molar-refractivity contribution is 5.97. The summed E-state index contributed by atoms with van der Waals surface area (Å²) in [5, 5.41) is 2.69. The van der Waals surface area contributed by atoms with Crippen LogP contribution in [0.4, 0.5) is 10.6 Å². The van der Waals surface area contributed by atoms with Crippen LogP contribution in [0.3, 0.4) is 0 Å². The summed E-state index contributed by atoms with van der Waals surface area (Å²) >= 11 is 0. The number of rotatable bonds is 2. The maximum Gasteiger partial charge on any atom is 0.408 e. The summed E-state index contributed by atoms with van der Waals surface area (Å²) in [4.78, 5) is 30.2. The lowest BCUT2D eigenvalue weighted by Gasteiger charge is -2.24. The molecule has 1 aromatic rings. The van der Waals surface area contributed by atoms with Crippen molar-refractivity contribution in [1.29, 1.82) is 0 Å². The van der Waals surface area contributed by atoms with Crippen molar-refractivity contribution in [3.8, 4) is 5.88 Å². The molecule has 0 radical (unpaired) electrons. The number of ether oxygens (including phenoxy) is 2. The van der Waals surface area contributed by atoms with Crippen LogP contribution in [0.1, 0.15) is 32.8 Å². The molecule has 0 aromatic carbocycles. The third-order valence-corrected chi connectivity index (χ3v) is 3.47. The van der Waals surface area contributed by atoms with Crippen molar-refractivity contribution in [2.75, 3.05) is 19.1 Å². The fourth-order valence-corrected chi connectivity index (χ4v) is 2.36. The Labute approximate surface area is 136 Å². The predicted molar refractivity (Wildman–Crippen MR) is 85.7 cm³/mol. The highest BCUT2D eigenvalue weighted by atomic mass is 16.6. The smallest absolute Gasteiger partial charge is 0.408 e. The molecular weight excluding hydrogens is 298 g/mol. The number of pyridine rings is 1. The van der Waals surface area contributed by atoms with Crippen LogP contribution in [0.25, 0.3) is 0 Å². The summed E-state index contributed by atoms with van der Waals surface area (Å²) in [6, 6.07) is 3.63. The van der Waals surface area contributed by atoms with Crippen molar-refractivity contribution in [2.45, 2.75) is 45.3 Å². The number of nitrogens with one attached hydrogen (secondary N) is 1. The average molecular weight is 321 g/mol. The first-order chi connectivity index (χ1) is 10.7. The van der Waals surface area contributed by atoms with Crippen LogP contribution in [0.5, 0.6) is 5.88 Å². The molecule has 23 heavy (non-hydrogen) atoms. The summed E-state index contributed by atoms with van der Waals surface area (Å²) in [6.45, 7) is 5.55. The van der Waals surface area contributed by atoms with E-state index in [1.807, 2.05) is 26.8 Å². The van der Waals surface area contributed by atoms with Gasteiger partial charge in [0.2, 0.25) is 5.88 Å². The molecule has 0 saturated carbocycles. The minimum absolute atomic E-state index is 0.298. The Balaban J connectivity index is 2.16. The maximum absolute atomic E-state index is 12.5. The van der Waals surface area contributed by atoms with Gasteiger partial charge in [0, 0.05) is 18.7 Å². The number of hydrogen-bond acceptors (Lipinski definition) is 5. The van der Waals surface area contributed by atoms with Crippen LogP contribution in [0.2, 0.25) is 0 Å². The second-order valence-electron chi connectivity index (χ2n) is 6.54. The molecule has 0 spiro atoms. The third kappa shape index (κ3) is 4.12. The minimum Gasteiger partial charge on any atom is -0.481 e. The second-order valence-corrected chi connectivity index (χ2v) is 6.54. The van der Waals surface area contributed by atoms with Crippen LogP contribution < -0.4 is 15.0 Å². The molecular formula is C16H23N3O4. The van der Waals surface area contributed by atoms with Gasteiger partial charge in [-0.3, -0.25) is 9.69 Å². The number of hydrogen-bond donors (Lipinski definition) is 1. The molecule has 2 amide bonds. The monoisotopic (exact) mass is 321 g/mol. The van der Waals surface area contributed by atoms with Crippen LogP contribution in [0.15, 0.2) is 12.1 Å². The van der Waals surface area contributed by atoms with E-state index in [1.54, 1.807) is 13.1 Å². The van der Waals surface area contributed by atoms with Crippen LogP contribution in [-0.4, -0.2) is 42.8 Å². The molecule has 1 aliphatic rings. The molecule has 1 atom stereocenters. The molecule has 1 N–H and O–H groups in total. The Kier molecular flexibility index (Phi) is 4.77. The molecule has 0 saturated heterocycles. The first kappa shape index (κ1) is 17.1. The van der Waals surface area contributed by atoms with Gasteiger partial charge in [-0.2, -0.15) is 4.98 Å². The molecule has 0 fully saturated rings.